The van der Waals surface area contributed by atoms with Gasteiger partial charge in [-0.1, -0.05) is 6.07 Å². The number of nitrogens with two attached hydrogens (primary N) is 1. The lowest BCUT2D eigenvalue weighted by Crippen LogP contribution is -2.59. The summed E-state index contributed by atoms with van der Waals surface area (Å²) in [6.45, 7) is 6.46. The van der Waals surface area contributed by atoms with Crippen LogP contribution in [0, 0.1) is 11.6 Å². The highest BCUT2D eigenvalue weighted by molar-refractivity contribution is 5.89. The third kappa shape index (κ3) is 6.25. The topological polar surface area (TPSA) is 84.7 Å². The molecule has 1 aromatic carbocycles. The minimum atomic E-state index is -0.946. The highest BCUT2D eigenvalue weighted by Gasteiger charge is 2.34. The lowest BCUT2D eigenvalue weighted by Gasteiger charge is -2.36. The van der Waals surface area contributed by atoms with Crippen LogP contribution in [0.15, 0.2) is 18.2 Å². The molecule has 8 heteroatoms. The highest BCUT2D eigenvalue weighted by Crippen LogP contribution is 2.15. The van der Waals surface area contributed by atoms with Crippen LogP contribution in [0.5, 0.6) is 0 Å². The normalized spacial score (nSPS) is 19.0. The number of nitrogens with one attached hydrogen (secondary N) is 1. The number of nitrogens with zero attached hydrogens (tertiary/aromatic N) is 1. The summed E-state index contributed by atoms with van der Waals surface area (Å²) in [7, 11) is 0. The fraction of sp³-hybridized carbons (Fsp3) is 0.579. The first-order chi connectivity index (χ1) is 12.6. The molecule has 1 aromatic rings. The number of ether oxygens (including phenoxy) is 1. The largest absolute Gasteiger partial charge is 0.373 e. The number of hydrogen-bond acceptors (Lipinski definition) is 4. The maximum atomic E-state index is 13.3. The van der Waals surface area contributed by atoms with Gasteiger partial charge in [0.2, 0.25) is 11.8 Å². The molecule has 0 bridgehead atoms. The van der Waals surface area contributed by atoms with E-state index in [1.54, 1.807) is 0 Å². The molecule has 2 rings (SSSR count). The van der Waals surface area contributed by atoms with Crippen molar-refractivity contribution in [3.8, 4) is 0 Å². The third-order valence-electron chi connectivity index (χ3n) is 4.24. The van der Waals surface area contributed by atoms with E-state index in [2.05, 4.69) is 5.32 Å². The zero-order valence-corrected chi connectivity index (χ0v) is 15.9. The third-order valence-corrected chi connectivity index (χ3v) is 4.24. The molecule has 0 aromatic heterocycles. The molecular formula is C19H27F2N3O3. The van der Waals surface area contributed by atoms with Gasteiger partial charge in [-0.3, -0.25) is 9.59 Å². The number of carbonyl (C=O) groups excluding carboxylic acids is 2. The van der Waals surface area contributed by atoms with Crippen molar-refractivity contribution in [1.29, 1.82) is 0 Å². The van der Waals surface area contributed by atoms with Gasteiger partial charge in [0, 0.05) is 25.6 Å². The van der Waals surface area contributed by atoms with E-state index >= 15 is 0 Å². The van der Waals surface area contributed by atoms with Gasteiger partial charge in [0.1, 0.15) is 6.04 Å². The van der Waals surface area contributed by atoms with Crippen LogP contribution in [0.2, 0.25) is 0 Å². The molecule has 1 heterocycles. The minimum Gasteiger partial charge on any atom is -0.373 e. The van der Waals surface area contributed by atoms with Gasteiger partial charge < -0.3 is 20.7 Å². The van der Waals surface area contributed by atoms with Gasteiger partial charge in [0.15, 0.2) is 11.6 Å². The smallest absolute Gasteiger partial charge is 0.245 e. The average molecular weight is 383 g/mol. The maximum Gasteiger partial charge on any atom is 0.245 e. The molecule has 27 heavy (non-hydrogen) atoms. The number of hydrogen-bond donors (Lipinski definition) is 2. The van der Waals surface area contributed by atoms with Crippen molar-refractivity contribution in [2.75, 3.05) is 19.7 Å². The molecule has 0 spiro atoms. The van der Waals surface area contributed by atoms with E-state index in [9.17, 15) is 18.4 Å². The highest BCUT2D eigenvalue weighted by atomic mass is 19.2. The Morgan fingerprint density at radius 1 is 1.37 bits per heavy atom. The summed E-state index contributed by atoms with van der Waals surface area (Å²) in [5.41, 5.74) is 6.11. The Balaban J connectivity index is 1.98. The first-order valence-corrected chi connectivity index (χ1v) is 8.97. The predicted molar refractivity (Wildman–Crippen MR) is 96.9 cm³/mol. The number of rotatable bonds is 6. The minimum absolute atomic E-state index is 0.00169. The Bertz CT molecular complexity index is 691. The van der Waals surface area contributed by atoms with Crippen molar-refractivity contribution >= 4 is 11.8 Å². The number of benzene rings is 1. The molecule has 150 valence electrons. The summed E-state index contributed by atoms with van der Waals surface area (Å²) >= 11 is 0. The summed E-state index contributed by atoms with van der Waals surface area (Å²) in [4.78, 5) is 26.3. The Hall–Kier alpha value is -2.06. The summed E-state index contributed by atoms with van der Waals surface area (Å²) in [5, 5.41) is 2.74. The quantitative estimate of drug-likeness (QED) is 0.777. The number of piperazine rings is 1. The van der Waals surface area contributed by atoms with E-state index in [0.717, 1.165) is 12.1 Å². The van der Waals surface area contributed by atoms with Crippen LogP contribution in [0.25, 0.3) is 0 Å². The van der Waals surface area contributed by atoms with Crippen LogP contribution in [-0.2, 0) is 20.7 Å². The molecule has 2 amide bonds. The molecule has 0 aliphatic carbocycles. The molecule has 0 saturated carbocycles. The van der Waals surface area contributed by atoms with Crippen molar-refractivity contribution in [2.45, 2.75) is 51.3 Å². The second kappa shape index (κ2) is 8.75. The van der Waals surface area contributed by atoms with Crippen LogP contribution in [0.3, 0.4) is 0 Å². The molecule has 0 unspecified atom stereocenters. The fourth-order valence-corrected chi connectivity index (χ4v) is 2.89. The Labute approximate surface area is 158 Å². The molecule has 1 saturated heterocycles. The summed E-state index contributed by atoms with van der Waals surface area (Å²) in [6, 6.07) is 2.27. The predicted octanol–water partition coefficient (Wildman–Crippen LogP) is 1.37. The van der Waals surface area contributed by atoms with Gasteiger partial charge in [0.25, 0.3) is 0 Å². The number of amides is 2. The van der Waals surface area contributed by atoms with E-state index < -0.39 is 29.3 Å². The molecular weight excluding hydrogens is 356 g/mol. The monoisotopic (exact) mass is 383 g/mol. The zero-order chi connectivity index (χ0) is 20.2. The standard InChI is InChI=1S/C19H27F2N3O3/c1-19(2,3)27-11-16-18(26)23-6-7-24(16)17(25)10-13(22)8-12-4-5-14(20)15(21)9-12/h4-5,9,13,16H,6-8,10-11,22H2,1-3H3,(H,23,26)/t13-,16-/m1/s1. The molecule has 1 aliphatic heterocycles. The molecule has 2 atom stereocenters. The summed E-state index contributed by atoms with van der Waals surface area (Å²) in [5.74, 6) is -2.39. The van der Waals surface area contributed by atoms with E-state index in [1.165, 1.54) is 11.0 Å². The Morgan fingerprint density at radius 3 is 2.70 bits per heavy atom. The van der Waals surface area contributed by atoms with Crippen LogP contribution >= 0.6 is 0 Å². The van der Waals surface area contributed by atoms with Gasteiger partial charge in [-0.25, -0.2) is 8.78 Å². The number of halogens is 2. The van der Waals surface area contributed by atoms with Crippen molar-refractivity contribution in [2.24, 2.45) is 5.73 Å². The first-order valence-electron chi connectivity index (χ1n) is 8.97. The van der Waals surface area contributed by atoms with Crippen LogP contribution < -0.4 is 11.1 Å². The van der Waals surface area contributed by atoms with Crippen LogP contribution in [0.1, 0.15) is 32.8 Å². The van der Waals surface area contributed by atoms with Crippen LogP contribution in [-0.4, -0.2) is 54.1 Å². The van der Waals surface area contributed by atoms with E-state index in [0.29, 0.717) is 18.7 Å². The zero-order valence-electron chi connectivity index (χ0n) is 15.9. The Kier molecular flexibility index (Phi) is 6.89. The first kappa shape index (κ1) is 21.2. The van der Waals surface area contributed by atoms with E-state index in [1.807, 2.05) is 20.8 Å². The fourth-order valence-electron chi connectivity index (χ4n) is 2.89. The van der Waals surface area contributed by atoms with Crippen molar-refractivity contribution in [3.63, 3.8) is 0 Å². The van der Waals surface area contributed by atoms with Crippen LogP contribution in [0.4, 0.5) is 8.78 Å². The van der Waals surface area contributed by atoms with E-state index in [4.69, 9.17) is 10.5 Å². The molecule has 1 fully saturated rings. The van der Waals surface area contributed by atoms with Gasteiger partial charge in [-0.2, -0.15) is 0 Å². The molecule has 6 nitrogen and oxygen atoms in total. The lowest BCUT2D eigenvalue weighted by atomic mass is 10.0. The van der Waals surface area contributed by atoms with Crippen molar-refractivity contribution < 1.29 is 23.1 Å². The molecule has 1 aliphatic rings. The second-order valence-corrected chi connectivity index (χ2v) is 7.73. The molecule has 3 N–H and O–H groups in total. The van der Waals surface area contributed by atoms with Gasteiger partial charge >= 0.3 is 0 Å². The molecule has 0 radical (unpaired) electrons. The van der Waals surface area contributed by atoms with Crippen molar-refractivity contribution in [1.82, 2.24) is 10.2 Å². The average Bonchev–Trinajstić information content (AvgIpc) is 2.56. The van der Waals surface area contributed by atoms with Gasteiger partial charge in [-0.05, 0) is 44.9 Å². The summed E-state index contributed by atoms with van der Waals surface area (Å²) in [6.07, 6.45) is 0.227. The van der Waals surface area contributed by atoms with Gasteiger partial charge in [-0.15, -0.1) is 0 Å². The SMILES string of the molecule is CC(C)(C)OC[C@@H]1C(=O)NCCN1C(=O)C[C@H](N)Cc1ccc(F)c(F)c1. The summed E-state index contributed by atoms with van der Waals surface area (Å²) < 4.78 is 32.0. The number of carbonyl (C=O) groups is 2. The maximum absolute atomic E-state index is 13.3. The Morgan fingerprint density at radius 2 is 2.07 bits per heavy atom. The van der Waals surface area contributed by atoms with Gasteiger partial charge in [0.05, 0.1) is 12.2 Å². The van der Waals surface area contributed by atoms with Crippen molar-refractivity contribution in [3.05, 3.63) is 35.4 Å². The van der Waals surface area contributed by atoms with E-state index in [-0.39, 0.29) is 31.3 Å². The second-order valence-electron chi connectivity index (χ2n) is 7.73. The lowest BCUT2D eigenvalue weighted by molar-refractivity contribution is -0.148.